The van der Waals surface area contributed by atoms with Gasteiger partial charge in [0.05, 0.1) is 12.6 Å². The van der Waals surface area contributed by atoms with Crippen LogP contribution < -0.4 is 10.5 Å². The van der Waals surface area contributed by atoms with E-state index in [9.17, 15) is 9.59 Å². The van der Waals surface area contributed by atoms with Crippen LogP contribution in [0, 0.1) is 6.92 Å². The van der Waals surface area contributed by atoms with Gasteiger partial charge in [-0.3, -0.25) is 9.59 Å². The highest BCUT2D eigenvalue weighted by Gasteiger charge is 2.28. The highest BCUT2D eigenvalue weighted by atomic mass is 16.5. The van der Waals surface area contributed by atoms with Crippen LogP contribution >= 0.6 is 0 Å². The van der Waals surface area contributed by atoms with E-state index in [4.69, 9.17) is 4.74 Å². The van der Waals surface area contributed by atoms with Gasteiger partial charge in [0, 0.05) is 37.5 Å². The molecule has 1 aromatic carbocycles. The molecule has 1 saturated heterocycles. The van der Waals surface area contributed by atoms with Crippen LogP contribution in [0.5, 0.6) is 0 Å². The molecule has 0 unspecified atom stereocenters. The van der Waals surface area contributed by atoms with E-state index < -0.39 is 0 Å². The van der Waals surface area contributed by atoms with Crippen molar-refractivity contribution in [3.63, 3.8) is 0 Å². The molecule has 0 bridgehead atoms. The van der Waals surface area contributed by atoms with Crippen LogP contribution in [0.1, 0.15) is 36.8 Å². The molecule has 4 rings (SSSR count). The summed E-state index contributed by atoms with van der Waals surface area (Å²) < 4.78 is 7.49. The predicted molar refractivity (Wildman–Crippen MR) is 106 cm³/mol. The monoisotopic (exact) mass is 366 g/mol. The lowest BCUT2D eigenvalue weighted by molar-refractivity contribution is -0.119. The summed E-state index contributed by atoms with van der Waals surface area (Å²) in [6, 6.07) is 8.22. The lowest BCUT2D eigenvalue weighted by Gasteiger charge is -2.34. The second-order valence-electron chi connectivity index (χ2n) is 7.66. The van der Waals surface area contributed by atoms with Crippen molar-refractivity contribution in [1.29, 1.82) is 0 Å². The average Bonchev–Trinajstić information content (AvgIpc) is 2.68. The molecule has 1 aromatic heterocycles. The van der Waals surface area contributed by atoms with Gasteiger partial charge in [0.1, 0.15) is 0 Å². The second-order valence-corrected chi connectivity index (χ2v) is 7.66. The van der Waals surface area contributed by atoms with Crippen LogP contribution in [0.15, 0.2) is 35.3 Å². The second kappa shape index (κ2) is 7.31. The van der Waals surface area contributed by atoms with Crippen LogP contribution in [0.4, 0.5) is 5.69 Å². The first-order valence-electron chi connectivity index (χ1n) is 9.75. The van der Waals surface area contributed by atoms with Crippen LogP contribution in [0.25, 0.3) is 11.1 Å². The molecule has 2 aromatic rings. The molecule has 1 amide bonds. The number of aromatic nitrogens is 1. The Bertz CT molecular complexity index is 899. The van der Waals surface area contributed by atoms with Gasteiger partial charge in [-0.15, -0.1) is 0 Å². The highest BCUT2D eigenvalue weighted by molar-refractivity contribution is 5.97. The largest absolute Gasteiger partial charge is 0.376 e. The third-order valence-corrected chi connectivity index (χ3v) is 5.64. The van der Waals surface area contributed by atoms with E-state index in [1.54, 1.807) is 11.6 Å². The lowest BCUT2D eigenvalue weighted by atomic mass is 9.95. The van der Waals surface area contributed by atoms with E-state index in [-0.39, 0.29) is 17.6 Å². The number of carbonyl (C=O) groups excluding carboxylic acids is 1. The minimum atomic E-state index is 0.0166. The molecule has 1 atom stereocenters. The van der Waals surface area contributed by atoms with Gasteiger partial charge in [-0.05, 0) is 61.4 Å². The number of fused-ring (bicyclic) bond motifs is 1. The predicted octanol–water partition coefficient (Wildman–Crippen LogP) is 3.21. The first-order valence-corrected chi connectivity index (χ1v) is 9.75. The highest BCUT2D eigenvalue weighted by Crippen LogP contribution is 2.33. The minimum absolute atomic E-state index is 0.0166. The van der Waals surface area contributed by atoms with E-state index in [0.29, 0.717) is 13.0 Å². The lowest BCUT2D eigenvalue weighted by Crippen LogP contribution is -2.42. The van der Waals surface area contributed by atoms with Crippen molar-refractivity contribution in [2.45, 2.75) is 45.1 Å². The number of nitrogens with zero attached hydrogens (tertiary/aromatic N) is 2. The summed E-state index contributed by atoms with van der Waals surface area (Å²) >= 11 is 0. The fourth-order valence-electron chi connectivity index (χ4n) is 4.11. The van der Waals surface area contributed by atoms with Gasteiger partial charge in [0.2, 0.25) is 5.91 Å². The Hall–Kier alpha value is -2.40. The van der Waals surface area contributed by atoms with Crippen LogP contribution in [-0.2, 0) is 23.0 Å². The molecule has 2 aliphatic heterocycles. The Kier molecular flexibility index (Phi) is 4.87. The summed E-state index contributed by atoms with van der Waals surface area (Å²) in [5.41, 5.74) is 4.94. The molecule has 142 valence electrons. The Labute approximate surface area is 159 Å². The normalized spacial score (nSPS) is 19.9. The number of rotatable bonds is 3. The van der Waals surface area contributed by atoms with Crippen molar-refractivity contribution in [3.05, 3.63) is 51.9 Å². The zero-order valence-electron chi connectivity index (χ0n) is 16.0. The van der Waals surface area contributed by atoms with Crippen molar-refractivity contribution in [1.82, 2.24) is 4.57 Å². The van der Waals surface area contributed by atoms with E-state index in [2.05, 4.69) is 18.2 Å². The zero-order valence-corrected chi connectivity index (χ0v) is 16.0. The molecular weight excluding hydrogens is 340 g/mol. The number of carbonyl (C=O) groups is 1. The molecule has 3 heterocycles. The number of hydrogen-bond acceptors (Lipinski definition) is 3. The quantitative estimate of drug-likeness (QED) is 0.838. The van der Waals surface area contributed by atoms with E-state index in [1.807, 2.05) is 24.1 Å². The molecule has 0 saturated carbocycles. The standard InChI is InChI=1S/C22H26N2O3/c1-15-11-18(13-23(2)22(15)26)17-7-6-16-8-9-21(25)24(20(16)12-17)14-19-5-3-4-10-27-19/h6-7,11-13,19H,3-5,8-10,14H2,1-2H3/t19-/m1/s1. The smallest absolute Gasteiger partial charge is 0.253 e. The summed E-state index contributed by atoms with van der Waals surface area (Å²) in [5, 5.41) is 0. The molecule has 27 heavy (non-hydrogen) atoms. The fourth-order valence-corrected chi connectivity index (χ4v) is 4.11. The third-order valence-electron chi connectivity index (χ3n) is 5.64. The molecule has 0 aliphatic carbocycles. The number of hydrogen-bond donors (Lipinski definition) is 0. The molecule has 0 N–H and O–H groups in total. The molecule has 2 aliphatic rings. The first-order chi connectivity index (χ1) is 13.0. The number of anilines is 1. The Balaban J connectivity index is 1.70. The van der Waals surface area contributed by atoms with Crippen molar-refractivity contribution in [2.24, 2.45) is 7.05 Å². The first kappa shape index (κ1) is 18.0. The molecule has 0 radical (unpaired) electrons. The fraction of sp³-hybridized carbons (Fsp3) is 0.455. The summed E-state index contributed by atoms with van der Waals surface area (Å²) in [5.74, 6) is 0.172. The number of ether oxygens (including phenoxy) is 1. The third kappa shape index (κ3) is 3.56. The van der Waals surface area contributed by atoms with Gasteiger partial charge in [0.25, 0.3) is 5.56 Å². The maximum Gasteiger partial charge on any atom is 0.253 e. The summed E-state index contributed by atoms with van der Waals surface area (Å²) in [7, 11) is 1.77. The Morgan fingerprint density at radius 1 is 1.11 bits per heavy atom. The molecule has 5 nitrogen and oxygen atoms in total. The van der Waals surface area contributed by atoms with Gasteiger partial charge in [0.15, 0.2) is 0 Å². The average molecular weight is 366 g/mol. The van der Waals surface area contributed by atoms with Gasteiger partial charge in [-0.2, -0.15) is 0 Å². The molecular formula is C22H26N2O3. The summed E-state index contributed by atoms with van der Waals surface area (Å²) in [6.07, 6.45) is 6.60. The molecule has 1 fully saturated rings. The van der Waals surface area contributed by atoms with E-state index >= 15 is 0 Å². The van der Waals surface area contributed by atoms with Gasteiger partial charge in [-0.1, -0.05) is 12.1 Å². The Morgan fingerprint density at radius 3 is 2.70 bits per heavy atom. The molecule has 0 spiro atoms. The van der Waals surface area contributed by atoms with Crippen molar-refractivity contribution in [2.75, 3.05) is 18.1 Å². The number of aryl methyl sites for hydroxylation is 3. The van der Waals surface area contributed by atoms with Gasteiger partial charge < -0.3 is 14.2 Å². The maximum absolute atomic E-state index is 12.7. The van der Waals surface area contributed by atoms with Gasteiger partial charge in [-0.25, -0.2) is 0 Å². The van der Waals surface area contributed by atoms with Gasteiger partial charge >= 0.3 is 0 Å². The number of amides is 1. The Morgan fingerprint density at radius 2 is 1.96 bits per heavy atom. The summed E-state index contributed by atoms with van der Waals surface area (Å²) in [4.78, 5) is 26.6. The van der Waals surface area contributed by atoms with E-state index in [0.717, 1.165) is 54.7 Å². The van der Waals surface area contributed by atoms with Crippen molar-refractivity contribution >= 4 is 11.6 Å². The summed E-state index contributed by atoms with van der Waals surface area (Å²) in [6.45, 7) is 3.25. The molecule has 5 heteroatoms. The van der Waals surface area contributed by atoms with E-state index in [1.165, 1.54) is 5.56 Å². The van der Waals surface area contributed by atoms with Crippen LogP contribution in [-0.4, -0.2) is 29.7 Å². The maximum atomic E-state index is 12.7. The van der Waals surface area contributed by atoms with Crippen molar-refractivity contribution < 1.29 is 9.53 Å². The SMILES string of the molecule is Cc1cc(-c2ccc3c(c2)N(C[C@H]2CCCCO2)C(=O)CC3)cn(C)c1=O. The zero-order chi connectivity index (χ0) is 19.0. The van der Waals surface area contributed by atoms with Crippen LogP contribution in [0.2, 0.25) is 0 Å². The van der Waals surface area contributed by atoms with Crippen molar-refractivity contribution in [3.8, 4) is 11.1 Å². The minimum Gasteiger partial charge on any atom is -0.376 e. The number of benzene rings is 1. The number of pyridine rings is 1. The van der Waals surface area contributed by atoms with Crippen LogP contribution in [0.3, 0.4) is 0 Å². The topological polar surface area (TPSA) is 51.5 Å².